The molecule has 0 aromatic rings. The Hall–Kier alpha value is -0.660. The maximum atomic E-state index is 11.5. The molecule has 0 aliphatic carbocycles. The van der Waals surface area contributed by atoms with Crippen LogP contribution in [0.2, 0.25) is 0 Å². The van der Waals surface area contributed by atoms with Crippen LogP contribution in [0.4, 0.5) is 0 Å². The van der Waals surface area contributed by atoms with Gasteiger partial charge in [0.1, 0.15) is 0 Å². The van der Waals surface area contributed by atoms with Gasteiger partial charge in [-0.05, 0) is 40.4 Å². The topological polar surface area (TPSA) is 86.7 Å². The van der Waals surface area contributed by atoms with Gasteiger partial charge in [0.2, 0.25) is 10.0 Å². The third-order valence-corrected chi connectivity index (χ3v) is 3.78. The maximum Gasteiger partial charge on any atom is 0.303 e. The number of sulfonamides is 1. The second-order valence-electron chi connectivity index (χ2n) is 4.43. The number of carbonyl (C=O) groups is 1. The lowest BCUT2D eigenvalue weighted by Crippen LogP contribution is -2.36. The average molecular weight is 266 g/mol. The van der Waals surface area contributed by atoms with Crippen LogP contribution >= 0.6 is 0 Å². The predicted octanol–water partition coefficient (Wildman–Crippen LogP) is 0.111. The number of nitrogens with one attached hydrogen (secondary N) is 1. The van der Waals surface area contributed by atoms with E-state index in [0.717, 1.165) is 13.0 Å². The van der Waals surface area contributed by atoms with Gasteiger partial charge in [-0.1, -0.05) is 0 Å². The standard InChI is InChI=1S/C10H22N2O4S/c1-9(6-7-12(2)3)11-17(15,16)8-4-5-10(13)14/h9,11H,4-8H2,1-3H3,(H,13,14). The van der Waals surface area contributed by atoms with Crippen molar-refractivity contribution in [2.75, 3.05) is 26.4 Å². The quantitative estimate of drug-likeness (QED) is 0.618. The first-order valence-electron chi connectivity index (χ1n) is 5.59. The summed E-state index contributed by atoms with van der Waals surface area (Å²) in [6.45, 7) is 2.61. The van der Waals surface area contributed by atoms with Crippen LogP contribution in [0.25, 0.3) is 0 Å². The molecule has 0 saturated heterocycles. The lowest BCUT2D eigenvalue weighted by atomic mass is 10.2. The largest absolute Gasteiger partial charge is 0.481 e. The van der Waals surface area contributed by atoms with Gasteiger partial charge in [-0.15, -0.1) is 0 Å². The Labute approximate surface area is 103 Å². The fraction of sp³-hybridized carbons (Fsp3) is 0.900. The monoisotopic (exact) mass is 266 g/mol. The first kappa shape index (κ1) is 16.3. The summed E-state index contributed by atoms with van der Waals surface area (Å²) in [5, 5.41) is 8.42. The average Bonchev–Trinajstić information content (AvgIpc) is 2.12. The van der Waals surface area contributed by atoms with Gasteiger partial charge in [0.15, 0.2) is 0 Å². The number of hydrogen-bond donors (Lipinski definition) is 2. The minimum absolute atomic E-state index is 0.118. The smallest absolute Gasteiger partial charge is 0.303 e. The Balaban J connectivity index is 3.94. The third kappa shape index (κ3) is 10.2. The van der Waals surface area contributed by atoms with E-state index in [2.05, 4.69) is 4.72 Å². The lowest BCUT2D eigenvalue weighted by Gasteiger charge is -2.16. The molecule has 0 heterocycles. The van der Waals surface area contributed by atoms with Gasteiger partial charge in [0.05, 0.1) is 5.75 Å². The molecule has 0 aliphatic rings. The first-order chi connectivity index (χ1) is 7.73. The molecule has 1 atom stereocenters. The van der Waals surface area contributed by atoms with Crippen molar-refractivity contribution < 1.29 is 18.3 Å². The summed E-state index contributed by atoms with van der Waals surface area (Å²) in [6.07, 6.45) is 0.753. The molecule has 0 spiro atoms. The molecule has 0 fully saturated rings. The van der Waals surface area contributed by atoms with E-state index in [-0.39, 0.29) is 24.6 Å². The van der Waals surface area contributed by atoms with Crippen molar-refractivity contribution in [1.29, 1.82) is 0 Å². The lowest BCUT2D eigenvalue weighted by molar-refractivity contribution is -0.137. The first-order valence-corrected chi connectivity index (χ1v) is 7.24. The molecule has 2 N–H and O–H groups in total. The molecule has 0 radical (unpaired) electrons. The van der Waals surface area contributed by atoms with Gasteiger partial charge >= 0.3 is 5.97 Å². The number of hydrogen-bond acceptors (Lipinski definition) is 4. The van der Waals surface area contributed by atoms with Crippen LogP contribution in [0.1, 0.15) is 26.2 Å². The minimum Gasteiger partial charge on any atom is -0.481 e. The van der Waals surface area contributed by atoms with Crippen molar-refractivity contribution in [1.82, 2.24) is 9.62 Å². The number of rotatable bonds is 9. The molecule has 0 aromatic heterocycles. The van der Waals surface area contributed by atoms with Crippen LogP contribution < -0.4 is 4.72 Å². The molecule has 0 amide bonds. The summed E-state index contributed by atoms with van der Waals surface area (Å²) in [5.41, 5.74) is 0. The van der Waals surface area contributed by atoms with Crippen LogP contribution in [-0.4, -0.2) is 56.8 Å². The highest BCUT2D eigenvalue weighted by Crippen LogP contribution is 1.99. The van der Waals surface area contributed by atoms with Crippen LogP contribution in [-0.2, 0) is 14.8 Å². The summed E-state index contributed by atoms with van der Waals surface area (Å²) < 4.78 is 25.6. The van der Waals surface area contributed by atoms with Gasteiger partial charge < -0.3 is 10.0 Å². The summed E-state index contributed by atoms with van der Waals surface area (Å²) >= 11 is 0. The Morgan fingerprint density at radius 2 is 2.00 bits per heavy atom. The van der Waals surface area contributed by atoms with Crippen molar-refractivity contribution >= 4 is 16.0 Å². The summed E-state index contributed by atoms with van der Waals surface area (Å²) in [5.74, 6) is -1.10. The number of aliphatic carboxylic acids is 1. The molecule has 6 nitrogen and oxygen atoms in total. The van der Waals surface area contributed by atoms with Crippen molar-refractivity contribution in [3.8, 4) is 0 Å². The van der Waals surface area contributed by atoms with Gasteiger partial charge in [-0.2, -0.15) is 0 Å². The van der Waals surface area contributed by atoms with E-state index < -0.39 is 16.0 Å². The summed E-state index contributed by atoms with van der Waals surface area (Å²) in [6, 6.07) is -0.132. The molecule has 0 saturated carbocycles. The zero-order valence-corrected chi connectivity index (χ0v) is 11.5. The number of carboxylic acid groups (broad SMARTS) is 1. The summed E-state index contributed by atoms with van der Waals surface area (Å²) in [7, 11) is 0.493. The highest BCUT2D eigenvalue weighted by atomic mass is 32.2. The van der Waals surface area contributed by atoms with Gasteiger partial charge in [-0.25, -0.2) is 13.1 Å². The number of nitrogens with zero attached hydrogens (tertiary/aromatic N) is 1. The van der Waals surface area contributed by atoms with Crippen molar-refractivity contribution in [2.45, 2.75) is 32.2 Å². The van der Waals surface area contributed by atoms with E-state index in [1.54, 1.807) is 6.92 Å². The molecule has 7 heteroatoms. The molecule has 1 unspecified atom stereocenters. The Morgan fingerprint density at radius 1 is 1.41 bits per heavy atom. The maximum absolute atomic E-state index is 11.5. The van der Waals surface area contributed by atoms with E-state index in [0.29, 0.717) is 0 Å². The normalized spacial score (nSPS) is 13.9. The van der Waals surface area contributed by atoms with Crippen molar-refractivity contribution in [3.05, 3.63) is 0 Å². The van der Waals surface area contributed by atoms with Crippen LogP contribution in [0, 0.1) is 0 Å². The van der Waals surface area contributed by atoms with E-state index in [4.69, 9.17) is 5.11 Å². The molecule has 0 aromatic carbocycles. The highest BCUT2D eigenvalue weighted by molar-refractivity contribution is 7.89. The molecular formula is C10H22N2O4S. The molecule has 17 heavy (non-hydrogen) atoms. The SMILES string of the molecule is CC(CCN(C)C)NS(=O)(=O)CCCC(=O)O. The van der Waals surface area contributed by atoms with Crippen LogP contribution in [0.15, 0.2) is 0 Å². The van der Waals surface area contributed by atoms with Crippen molar-refractivity contribution in [2.24, 2.45) is 0 Å². The zero-order valence-electron chi connectivity index (χ0n) is 10.6. The molecular weight excluding hydrogens is 244 g/mol. The number of carboxylic acids is 1. The van der Waals surface area contributed by atoms with E-state index in [1.807, 2.05) is 19.0 Å². The van der Waals surface area contributed by atoms with E-state index in [1.165, 1.54) is 0 Å². The van der Waals surface area contributed by atoms with E-state index >= 15 is 0 Å². The molecule has 102 valence electrons. The van der Waals surface area contributed by atoms with Gasteiger partial charge in [0.25, 0.3) is 0 Å². The molecule has 0 bridgehead atoms. The van der Waals surface area contributed by atoms with Crippen LogP contribution in [0.3, 0.4) is 0 Å². The molecule has 0 rings (SSSR count). The van der Waals surface area contributed by atoms with Gasteiger partial charge in [0, 0.05) is 12.5 Å². The fourth-order valence-corrected chi connectivity index (χ4v) is 2.66. The highest BCUT2D eigenvalue weighted by Gasteiger charge is 2.14. The van der Waals surface area contributed by atoms with Gasteiger partial charge in [-0.3, -0.25) is 4.79 Å². The Morgan fingerprint density at radius 3 is 2.47 bits per heavy atom. The Kier molecular flexibility index (Phi) is 7.33. The Bertz CT molecular complexity index is 327. The second kappa shape index (κ2) is 7.62. The predicted molar refractivity (Wildman–Crippen MR) is 66.4 cm³/mol. The third-order valence-electron chi connectivity index (χ3n) is 2.19. The van der Waals surface area contributed by atoms with Crippen molar-refractivity contribution in [3.63, 3.8) is 0 Å². The fourth-order valence-electron chi connectivity index (χ4n) is 1.29. The molecule has 0 aliphatic heterocycles. The van der Waals surface area contributed by atoms with Crippen LogP contribution in [0.5, 0.6) is 0 Å². The second-order valence-corrected chi connectivity index (χ2v) is 6.30. The van der Waals surface area contributed by atoms with E-state index in [9.17, 15) is 13.2 Å². The minimum atomic E-state index is -3.36. The zero-order chi connectivity index (χ0) is 13.5. The summed E-state index contributed by atoms with van der Waals surface area (Å²) in [4.78, 5) is 12.2.